The van der Waals surface area contributed by atoms with Gasteiger partial charge in [-0.1, -0.05) is 17.7 Å². The van der Waals surface area contributed by atoms with Crippen LogP contribution >= 0.6 is 11.6 Å². The quantitative estimate of drug-likeness (QED) is 0.352. The molecule has 1 atom stereocenters. The van der Waals surface area contributed by atoms with Crippen LogP contribution in [0.4, 0.5) is 13.2 Å². The Morgan fingerprint density at radius 1 is 1.09 bits per heavy atom. The van der Waals surface area contributed by atoms with Gasteiger partial charge in [-0.15, -0.1) is 0 Å². The number of aromatic nitrogens is 5. The summed E-state index contributed by atoms with van der Waals surface area (Å²) in [5, 5.41) is 0.0559. The van der Waals surface area contributed by atoms with Gasteiger partial charge in [0.2, 0.25) is 5.88 Å². The predicted molar refractivity (Wildman–Crippen MR) is 121 cm³/mol. The first-order valence-electron chi connectivity index (χ1n) is 10.7. The van der Waals surface area contributed by atoms with Gasteiger partial charge in [-0.05, 0) is 49.6 Å². The zero-order valence-electron chi connectivity index (χ0n) is 18.5. The van der Waals surface area contributed by atoms with Crippen molar-refractivity contribution in [1.82, 2.24) is 24.1 Å². The molecule has 1 aliphatic heterocycles. The minimum atomic E-state index is -4.51. The van der Waals surface area contributed by atoms with E-state index in [0.29, 0.717) is 36.1 Å². The van der Waals surface area contributed by atoms with Crippen LogP contribution in [0.25, 0.3) is 17.1 Å². The van der Waals surface area contributed by atoms with E-state index >= 15 is 0 Å². The fraction of sp³-hybridized carbons (Fsp3) is 0.292. The van der Waals surface area contributed by atoms with Crippen LogP contribution in [0.3, 0.4) is 0 Å². The Morgan fingerprint density at radius 3 is 2.62 bits per heavy atom. The number of fused-ring (bicyclic) bond motifs is 1. The fourth-order valence-electron chi connectivity index (χ4n) is 4.45. The van der Waals surface area contributed by atoms with Crippen molar-refractivity contribution in [2.75, 3.05) is 7.11 Å². The number of hydrogen-bond donors (Lipinski definition) is 0. The molecule has 34 heavy (non-hydrogen) atoms. The first-order valence-corrected chi connectivity index (χ1v) is 11.1. The lowest BCUT2D eigenvalue weighted by Crippen LogP contribution is -2.20. The maximum absolute atomic E-state index is 13.8. The number of pyridine rings is 1. The molecule has 0 saturated carbocycles. The van der Waals surface area contributed by atoms with Crippen molar-refractivity contribution in [3.05, 3.63) is 76.7 Å². The maximum atomic E-state index is 13.8. The summed E-state index contributed by atoms with van der Waals surface area (Å²) in [7, 11) is 1.53. The van der Waals surface area contributed by atoms with Gasteiger partial charge in [0, 0.05) is 29.9 Å². The van der Waals surface area contributed by atoms with Gasteiger partial charge >= 0.3 is 6.18 Å². The Bertz CT molecular complexity index is 1360. The average molecular weight is 488 g/mol. The van der Waals surface area contributed by atoms with E-state index < -0.39 is 17.7 Å². The second-order valence-corrected chi connectivity index (χ2v) is 8.69. The molecule has 0 fully saturated rings. The molecule has 176 valence electrons. The van der Waals surface area contributed by atoms with E-state index in [1.165, 1.54) is 19.2 Å². The number of alkyl halides is 3. The number of rotatable bonds is 4. The molecular formula is C24H21ClF3N5O. The fourth-order valence-corrected chi connectivity index (χ4v) is 4.63. The third-order valence-corrected chi connectivity index (χ3v) is 6.23. The molecule has 6 nitrogen and oxygen atoms in total. The van der Waals surface area contributed by atoms with Crippen molar-refractivity contribution < 1.29 is 17.9 Å². The zero-order chi connectivity index (χ0) is 24.0. The van der Waals surface area contributed by atoms with E-state index in [1.807, 2.05) is 40.6 Å². The van der Waals surface area contributed by atoms with E-state index in [0.717, 1.165) is 23.9 Å². The summed E-state index contributed by atoms with van der Waals surface area (Å²) in [5.41, 5.74) is 2.21. The molecule has 0 radical (unpaired) electrons. The molecule has 0 saturated heterocycles. The first-order chi connectivity index (χ1) is 16.2. The van der Waals surface area contributed by atoms with Gasteiger partial charge in [0.1, 0.15) is 17.2 Å². The minimum absolute atomic E-state index is 0.0559. The Balaban J connectivity index is 1.55. The summed E-state index contributed by atoms with van der Waals surface area (Å²) < 4.78 is 50.6. The van der Waals surface area contributed by atoms with E-state index in [4.69, 9.17) is 21.3 Å². The number of ether oxygens (including phenoxy) is 1. The van der Waals surface area contributed by atoms with Gasteiger partial charge in [-0.25, -0.2) is 15.0 Å². The van der Waals surface area contributed by atoms with Crippen LogP contribution in [0.15, 0.2) is 49.1 Å². The summed E-state index contributed by atoms with van der Waals surface area (Å²) >= 11 is 5.89. The summed E-state index contributed by atoms with van der Waals surface area (Å²) in [6, 6.07) is 7.63. The number of methoxy groups -OCH3 is 1. The molecule has 1 aliphatic rings. The summed E-state index contributed by atoms with van der Waals surface area (Å²) in [4.78, 5) is 13.6. The number of hydrogen-bond acceptors (Lipinski definition) is 4. The molecular weight excluding hydrogens is 467 g/mol. The number of halogens is 4. The summed E-state index contributed by atoms with van der Waals surface area (Å²) in [6.45, 7) is 2.57. The third kappa shape index (κ3) is 4.04. The smallest absolute Gasteiger partial charge is 0.416 e. The second kappa shape index (κ2) is 8.47. The van der Waals surface area contributed by atoms with Crippen molar-refractivity contribution in [1.29, 1.82) is 0 Å². The van der Waals surface area contributed by atoms with Gasteiger partial charge < -0.3 is 13.9 Å². The highest BCUT2D eigenvalue weighted by molar-refractivity contribution is 6.30. The van der Waals surface area contributed by atoms with Crippen LogP contribution in [0.1, 0.15) is 41.4 Å². The number of imidazole rings is 2. The highest BCUT2D eigenvalue weighted by Gasteiger charge is 2.37. The molecule has 0 spiro atoms. The zero-order valence-corrected chi connectivity index (χ0v) is 19.2. The van der Waals surface area contributed by atoms with Gasteiger partial charge in [-0.3, -0.25) is 0 Å². The van der Waals surface area contributed by atoms with Crippen LogP contribution in [0.5, 0.6) is 5.88 Å². The lowest BCUT2D eigenvalue weighted by Gasteiger charge is -2.26. The van der Waals surface area contributed by atoms with Crippen LogP contribution in [-0.4, -0.2) is 31.2 Å². The summed E-state index contributed by atoms with van der Waals surface area (Å²) in [5.74, 6) is 0.491. The molecule has 4 heterocycles. The first kappa shape index (κ1) is 22.5. The van der Waals surface area contributed by atoms with E-state index in [1.54, 1.807) is 6.33 Å². The minimum Gasteiger partial charge on any atom is -0.479 e. The molecule has 0 bridgehead atoms. The van der Waals surface area contributed by atoms with Gasteiger partial charge in [0.25, 0.3) is 0 Å². The largest absolute Gasteiger partial charge is 0.479 e. The van der Waals surface area contributed by atoms with Crippen LogP contribution < -0.4 is 4.74 Å². The molecule has 1 aromatic carbocycles. The topological polar surface area (TPSA) is 57.8 Å². The SMILES string of the molecule is COc1nc(-c2cn3c(n2)[C@@H](c2ccc(Cl)cc2C(F)(F)F)CCC3)ccc1-n1cnc(C)c1. The lowest BCUT2D eigenvalue weighted by molar-refractivity contribution is -0.138. The Morgan fingerprint density at radius 2 is 1.91 bits per heavy atom. The Kier molecular flexibility index (Phi) is 5.59. The van der Waals surface area contributed by atoms with Crippen LogP contribution in [0.2, 0.25) is 5.02 Å². The maximum Gasteiger partial charge on any atom is 0.416 e. The van der Waals surface area contributed by atoms with Crippen molar-refractivity contribution in [2.24, 2.45) is 0 Å². The summed E-state index contributed by atoms with van der Waals surface area (Å²) in [6.07, 6.45) is 2.18. The Hall–Kier alpha value is -3.33. The molecule has 0 amide bonds. The van der Waals surface area contributed by atoms with Crippen molar-refractivity contribution in [3.63, 3.8) is 0 Å². The third-order valence-electron chi connectivity index (χ3n) is 5.99. The van der Waals surface area contributed by atoms with Gasteiger partial charge in [0.05, 0.1) is 30.4 Å². The van der Waals surface area contributed by atoms with Crippen molar-refractivity contribution in [2.45, 2.75) is 38.4 Å². The predicted octanol–water partition coefficient (Wildman–Crippen LogP) is 6.05. The van der Waals surface area contributed by atoms with Crippen LogP contribution in [0, 0.1) is 6.92 Å². The van der Waals surface area contributed by atoms with E-state index in [9.17, 15) is 13.2 Å². The van der Waals surface area contributed by atoms with Crippen LogP contribution in [-0.2, 0) is 12.7 Å². The van der Waals surface area contributed by atoms with Crippen molar-refractivity contribution >= 4 is 11.6 Å². The number of benzene rings is 1. The Labute approximate surface area is 199 Å². The van der Waals surface area contributed by atoms with E-state index in [2.05, 4.69) is 9.97 Å². The highest BCUT2D eigenvalue weighted by atomic mass is 35.5. The molecule has 0 unspecified atom stereocenters. The molecule has 3 aromatic heterocycles. The van der Waals surface area contributed by atoms with Gasteiger partial charge in [0.15, 0.2) is 0 Å². The molecule has 5 rings (SSSR count). The average Bonchev–Trinajstić information content (AvgIpc) is 3.44. The standard InChI is InChI=1S/C24H21ClF3N5O/c1-14-11-33(13-29-14)21-8-7-19(31-23(21)34-2)20-12-32-9-3-4-17(22(32)30-20)16-6-5-15(25)10-18(16)24(26,27)28/h5-8,10-13,17H,3-4,9H2,1-2H3/t17-/m1/s1. The molecule has 10 heteroatoms. The molecule has 0 N–H and O–H groups in total. The normalized spacial score (nSPS) is 15.9. The highest BCUT2D eigenvalue weighted by Crippen LogP contribution is 2.42. The lowest BCUT2D eigenvalue weighted by atomic mass is 9.87. The number of nitrogens with zero attached hydrogens (tertiary/aromatic N) is 5. The second-order valence-electron chi connectivity index (χ2n) is 8.25. The molecule has 4 aromatic rings. The van der Waals surface area contributed by atoms with E-state index in [-0.39, 0.29) is 10.6 Å². The number of aryl methyl sites for hydroxylation is 2. The monoisotopic (exact) mass is 487 g/mol. The van der Waals surface area contributed by atoms with Crippen molar-refractivity contribution in [3.8, 4) is 23.0 Å². The van der Waals surface area contributed by atoms with Gasteiger partial charge in [-0.2, -0.15) is 13.2 Å². The molecule has 0 aliphatic carbocycles.